The molecule has 0 unspecified atom stereocenters. The third kappa shape index (κ3) is 7.41. The largest absolute Gasteiger partial charge is 0.394 e. The van der Waals surface area contributed by atoms with Gasteiger partial charge in [0.1, 0.15) is 0 Å². The van der Waals surface area contributed by atoms with E-state index in [0.29, 0.717) is 19.1 Å². The van der Waals surface area contributed by atoms with Gasteiger partial charge in [-0.3, -0.25) is 9.89 Å². The highest BCUT2D eigenvalue weighted by Crippen LogP contribution is 2.15. The Bertz CT molecular complexity index is 551. The number of piperidine rings is 1. The lowest BCUT2D eigenvalue weighted by atomic mass is 10.0. The Kier molecular flexibility index (Phi) is 10.2. The van der Waals surface area contributed by atoms with Crippen LogP contribution in [0.25, 0.3) is 0 Å². The molecule has 5 nitrogen and oxygen atoms in total. The Labute approximate surface area is 164 Å². The van der Waals surface area contributed by atoms with Crippen LogP contribution in [-0.2, 0) is 6.54 Å². The zero-order valence-electron chi connectivity index (χ0n) is 14.5. The zero-order chi connectivity index (χ0) is 17.4. The summed E-state index contributed by atoms with van der Waals surface area (Å²) < 4.78 is 26.2. The van der Waals surface area contributed by atoms with Crippen molar-refractivity contribution in [3.05, 3.63) is 35.4 Å². The Balaban J connectivity index is 0.00000312. The van der Waals surface area contributed by atoms with Crippen molar-refractivity contribution in [3.63, 3.8) is 0 Å². The van der Waals surface area contributed by atoms with Crippen LogP contribution in [-0.4, -0.2) is 54.8 Å². The Hall–Kier alpha value is -1.00. The minimum atomic E-state index is -0.806. The summed E-state index contributed by atoms with van der Waals surface area (Å²) in [6.45, 7) is 5.58. The second-order valence-corrected chi connectivity index (χ2v) is 5.93. The highest BCUT2D eigenvalue weighted by molar-refractivity contribution is 14.0. The van der Waals surface area contributed by atoms with E-state index in [1.54, 1.807) is 6.07 Å². The number of rotatable bonds is 6. The summed E-state index contributed by atoms with van der Waals surface area (Å²) in [5.41, 5.74) is 0.790. The molecule has 1 saturated heterocycles. The molecular weight excluding hydrogens is 441 g/mol. The molecule has 1 fully saturated rings. The molecule has 0 saturated carbocycles. The average Bonchev–Trinajstić information content (AvgIpc) is 2.58. The zero-order valence-corrected chi connectivity index (χ0v) is 16.8. The number of nitrogens with zero attached hydrogens (tertiary/aromatic N) is 2. The van der Waals surface area contributed by atoms with Crippen LogP contribution in [0.1, 0.15) is 25.3 Å². The summed E-state index contributed by atoms with van der Waals surface area (Å²) in [7, 11) is 0. The molecule has 1 aromatic carbocycles. The van der Waals surface area contributed by atoms with E-state index in [-0.39, 0.29) is 30.6 Å². The van der Waals surface area contributed by atoms with Crippen LogP contribution in [0.15, 0.2) is 23.2 Å². The number of aliphatic imine (C=N–C) groups is 1. The molecule has 2 rings (SSSR count). The van der Waals surface area contributed by atoms with Crippen LogP contribution < -0.4 is 10.6 Å². The van der Waals surface area contributed by atoms with Crippen molar-refractivity contribution >= 4 is 29.9 Å². The summed E-state index contributed by atoms with van der Waals surface area (Å²) in [4.78, 5) is 6.52. The van der Waals surface area contributed by atoms with Crippen molar-refractivity contribution in [1.82, 2.24) is 15.5 Å². The lowest BCUT2D eigenvalue weighted by Crippen LogP contribution is -2.48. The molecule has 0 bridgehead atoms. The van der Waals surface area contributed by atoms with E-state index in [2.05, 4.69) is 20.5 Å². The molecule has 0 atom stereocenters. The lowest BCUT2D eigenvalue weighted by molar-refractivity contribution is 0.198. The predicted molar refractivity (Wildman–Crippen MR) is 106 cm³/mol. The highest BCUT2D eigenvalue weighted by atomic mass is 127. The summed E-state index contributed by atoms with van der Waals surface area (Å²) >= 11 is 0. The fourth-order valence-corrected chi connectivity index (χ4v) is 2.81. The third-order valence-electron chi connectivity index (χ3n) is 4.03. The van der Waals surface area contributed by atoms with E-state index >= 15 is 0 Å². The molecular formula is C17H27F2IN4O. The molecule has 0 amide bonds. The van der Waals surface area contributed by atoms with E-state index < -0.39 is 11.6 Å². The molecule has 0 radical (unpaired) electrons. The number of aliphatic hydroxyl groups excluding tert-OH is 1. The molecule has 3 N–H and O–H groups in total. The maximum absolute atomic E-state index is 13.3. The van der Waals surface area contributed by atoms with Gasteiger partial charge in [0, 0.05) is 32.2 Å². The van der Waals surface area contributed by atoms with Gasteiger partial charge in [-0.15, -0.1) is 24.0 Å². The first-order valence-corrected chi connectivity index (χ1v) is 8.44. The molecule has 1 heterocycles. The summed E-state index contributed by atoms with van der Waals surface area (Å²) in [5.74, 6) is -0.871. The van der Waals surface area contributed by atoms with E-state index in [0.717, 1.165) is 44.0 Å². The average molecular weight is 468 g/mol. The van der Waals surface area contributed by atoms with Crippen molar-refractivity contribution < 1.29 is 13.9 Å². The van der Waals surface area contributed by atoms with Gasteiger partial charge in [0.25, 0.3) is 0 Å². The molecule has 8 heteroatoms. The van der Waals surface area contributed by atoms with Crippen LogP contribution in [0, 0.1) is 11.6 Å². The fraction of sp³-hybridized carbons (Fsp3) is 0.588. The molecule has 1 aliphatic heterocycles. The molecule has 0 aliphatic carbocycles. The van der Waals surface area contributed by atoms with Crippen molar-refractivity contribution in [2.24, 2.45) is 4.99 Å². The monoisotopic (exact) mass is 468 g/mol. The van der Waals surface area contributed by atoms with Gasteiger partial charge < -0.3 is 15.7 Å². The van der Waals surface area contributed by atoms with E-state index in [4.69, 9.17) is 5.11 Å². The van der Waals surface area contributed by atoms with Crippen LogP contribution in [0.2, 0.25) is 0 Å². The number of hydrogen-bond acceptors (Lipinski definition) is 3. The van der Waals surface area contributed by atoms with Crippen molar-refractivity contribution in [2.45, 2.75) is 32.4 Å². The van der Waals surface area contributed by atoms with Gasteiger partial charge in [-0.25, -0.2) is 8.78 Å². The van der Waals surface area contributed by atoms with Crippen molar-refractivity contribution in [3.8, 4) is 0 Å². The summed E-state index contributed by atoms with van der Waals surface area (Å²) in [6.07, 6.45) is 1.90. The molecule has 1 aromatic rings. The Morgan fingerprint density at radius 3 is 2.60 bits per heavy atom. The second kappa shape index (κ2) is 11.6. The van der Waals surface area contributed by atoms with Gasteiger partial charge in [0.15, 0.2) is 17.6 Å². The van der Waals surface area contributed by atoms with Crippen molar-refractivity contribution in [1.29, 1.82) is 0 Å². The number of guanidine groups is 1. The minimum Gasteiger partial charge on any atom is -0.394 e. The van der Waals surface area contributed by atoms with Gasteiger partial charge in [0.05, 0.1) is 13.2 Å². The third-order valence-corrected chi connectivity index (χ3v) is 4.03. The first-order valence-electron chi connectivity index (χ1n) is 8.44. The quantitative estimate of drug-likeness (QED) is 0.340. The number of halogens is 3. The van der Waals surface area contributed by atoms with Crippen LogP contribution in [0.4, 0.5) is 8.78 Å². The maximum Gasteiger partial charge on any atom is 0.191 e. The standard InChI is InChI=1S/C17H26F2N4O.HI/c1-2-20-17(21-7-10-24)22-14-5-8-23(9-6-14)12-13-3-4-15(18)16(19)11-13;/h3-4,11,14,24H,2,5-10,12H2,1H3,(H2,20,21,22);1H. The van der Waals surface area contributed by atoms with Gasteiger partial charge >= 0.3 is 0 Å². The van der Waals surface area contributed by atoms with Crippen LogP contribution in [0.3, 0.4) is 0 Å². The molecule has 1 aliphatic rings. The van der Waals surface area contributed by atoms with Crippen LogP contribution >= 0.6 is 24.0 Å². The molecule has 25 heavy (non-hydrogen) atoms. The van der Waals surface area contributed by atoms with E-state index in [1.165, 1.54) is 12.1 Å². The van der Waals surface area contributed by atoms with Gasteiger partial charge in [-0.2, -0.15) is 0 Å². The van der Waals surface area contributed by atoms with Crippen LogP contribution in [0.5, 0.6) is 0 Å². The minimum absolute atomic E-state index is 0. The van der Waals surface area contributed by atoms with Gasteiger partial charge in [-0.05, 0) is 37.5 Å². The number of likely N-dealkylation sites (tertiary alicyclic amines) is 1. The van der Waals surface area contributed by atoms with Gasteiger partial charge in [0.2, 0.25) is 0 Å². The summed E-state index contributed by atoms with van der Waals surface area (Å²) in [6, 6.07) is 4.40. The number of benzene rings is 1. The van der Waals surface area contributed by atoms with E-state index in [1.807, 2.05) is 6.92 Å². The molecule has 142 valence electrons. The van der Waals surface area contributed by atoms with Crippen molar-refractivity contribution in [2.75, 3.05) is 32.8 Å². The predicted octanol–water partition coefficient (Wildman–Crippen LogP) is 2.09. The Morgan fingerprint density at radius 2 is 2.00 bits per heavy atom. The molecule has 0 spiro atoms. The fourth-order valence-electron chi connectivity index (χ4n) is 2.81. The first-order chi connectivity index (χ1) is 11.6. The number of hydrogen-bond donors (Lipinski definition) is 3. The normalized spacial score (nSPS) is 16.4. The lowest BCUT2D eigenvalue weighted by Gasteiger charge is -2.33. The molecule has 0 aromatic heterocycles. The topological polar surface area (TPSA) is 59.9 Å². The van der Waals surface area contributed by atoms with Gasteiger partial charge in [-0.1, -0.05) is 6.07 Å². The SMILES string of the molecule is CCNC(=NCCO)NC1CCN(Cc2ccc(F)c(F)c2)CC1.I. The second-order valence-electron chi connectivity index (χ2n) is 5.93. The smallest absolute Gasteiger partial charge is 0.191 e. The first kappa shape index (κ1) is 22.0. The Morgan fingerprint density at radius 1 is 1.28 bits per heavy atom. The van der Waals surface area contributed by atoms with E-state index in [9.17, 15) is 8.78 Å². The number of aliphatic hydroxyl groups is 1. The summed E-state index contributed by atoms with van der Waals surface area (Å²) in [5, 5.41) is 15.4. The highest BCUT2D eigenvalue weighted by Gasteiger charge is 2.20. The maximum atomic E-state index is 13.3. The number of nitrogens with one attached hydrogen (secondary N) is 2.